The monoisotopic (exact) mass is 452 g/mol. The molecule has 10 heteroatoms. The smallest absolute Gasteiger partial charge is 0.344 e. The maximum absolute atomic E-state index is 12.0. The number of nitrogens with one attached hydrogen (secondary N) is 1. The molecule has 0 aromatic heterocycles. The summed E-state index contributed by atoms with van der Waals surface area (Å²) in [5.74, 6) is -0.823. The third-order valence-electron chi connectivity index (χ3n) is 3.53. The molecule has 0 aliphatic carbocycles. The molecular weight excluding hydrogens is 436 g/mol. The Hall–Kier alpha value is -3.14. The Balaban J connectivity index is 1.87. The molecule has 2 aromatic rings. The Morgan fingerprint density at radius 3 is 2.46 bits per heavy atom. The summed E-state index contributed by atoms with van der Waals surface area (Å²) >= 11 is 3.29. The number of carbonyl (C=O) groups is 2. The lowest BCUT2D eigenvalue weighted by molar-refractivity contribution is -0.385. The van der Waals surface area contributed by atoms with Crippen LogP contribution in [0.5, 0.6) is 11.5 Å². The van der Waals surface area contributed by atoms with Crippen molar-refractivity contribution < 1.29 is 28.7 Å². The summed E-state index contributed by atoms with van der Waals surface area (Å²) in [6.45, 7) is 0.723. The van der Waals surface area contributed by atoms with Crippen molar-refractivity contribution in [3.63, 3.8) is 0 Å². The van der Waals surface area contributed by atoms with Crippen LogP contribution in [-0.2, 0) is 14.3 Å². The summed E-state index contributed by atoms with van der Waals surface area (Å²) in [5.41, 5.74) is 0.565. The number of anilines is 1. The van der Waals surface area contributed by atoms with Crippen molar-refractivity contribution in [2.75, 3.05) is 25.6 Å². The van der Waals surface area contributed by atoms with E-state index in [2.05, 4.69) is 21.2 Å². The Morgan fingerprint density at radius 2 is 1.86 bits per heavy atom. The summed E-state index contributed by atoms with van der Waals surface area (Å²) in [6.07, 6.45) is 0. The molecule has 148 valence electrons. The first-order chi connectivity index (χ1) is 13.3. The minimum atomic E-state index is -0.712. The number of rotatable bonds is 8. The summed E-state index contributed by atoms with van der Waals surface area (Å²) in [7, 11) is 1.29. The zero-order valence-corrected chi connectivity index (χ0v) is 16.6. The van der Waals surface area contributed by atoms with Gasteiger partial charge in [0.15, 0.2) is 19.0 Å². The molecule has 9 nitrogen and oxygen atoms in total. The Labute approximate surface area is 168 Å². The van der Waals surface area contributed by atoms with Gasteiger partial charge in [-0.3, -0.25) is 14.9 Å². The zero-order valence-electron chi connectivity index (χ0n) is 15.1. The van der Waals surface area contributed by atoms with Crippen LogP contribution < -0.4 is 14.8 Å². The highest BCUT2D eigenvalue weighted by Gasteiger charge is 2.18. The lowest BCUT2D eigenvalue weighted by atomic mass is 10.1. The number of ether oxygens (including phenoxy) is 3. The number of nitro benzene ring substituents is 1. The largest absolute Gasteiger partial charge is 0.490 e. The minimum Gasteiger partial charge on any atom is -0.490 e. The summed E-state index contributed by atoms with van der Waals surface area (Å²) in [6, 6.07) is 9.49. The highest BCUT2D eigenvalue weighted by Crippen LogP contribution is 2.32. The number of benzene rings is 2. The number of aryl methyl sites for hydroxylation is 1. The summed E-state index contributed by atoms with van der Waals surface area (Å²) in [4.78, 5) is 34.1. The van der Waals surface area contributed by atoms with E-state index in [0.717, 1.165) is 4.47 Å². The number of nitrogens with zero attached hydrogens (tertiary/aromatic N) is 1. The van der Waals surface area contributed by atoms with Crippen LogP contribution in [0.25, 0.3) is 0 Å². The van der Waals surface area contributed by atoms with E-state index in [-0.39, 0.29) is 18.0 Å². The van der Waals surface area contributed by atoms with Gasteiger partial charge in [-0.15, -0.1) is 0 Å². The van der Waals surface area contributed by atoms with E-state index in [4.69, 9.17) is 14.2 Å². The van der Waals surface area contributed by atoms with Crippen LogP contribution in [0.2, 0.25) is 0 Å². The van der Waals surface area contributed by atoms with Crippen molar-refractivity contribution in [1.82, 2.24) is 0 Å². The van der Waals surface area contributed by atoms with Crippen molar-refractivity contribution in [3.05, 3.63) is 56.5 Å². The van der Waals surface area contributed by atoms with Crippen molar-refractivity contribution in [2.45, 2.75) is 6.92 Å². The van der Waals surface area contributed by atoms with Crippen LogP contribution >= 0.6 is 15.9 Å². The van der Waals surface area contributed by atoms with Gasteiger partial charge < -0.3 is 19.5 Å². The Morgan fingerprint density at radius 1 is 1.18 bits per heavy atom. The first-order valence-corrected chi connectivity index (χ1v) is 8.76. The number of esters is 1. The molecule has 0 atom stereocenters. The number of nitro groups is 1. The van der Waals surface area contributed by atoms with Crippen molar-refractivity contribution >= 4 is 39.2 Å². The molecule has 0 aliphatic rings. The maximum atomic E-state index is 12.0. The molecule has 2 rings (SSSR count). The van der Waals surface area contributed by atoms with E-state index in [1.165, 1.54) is 19.2 Å². The fourth-order valence-electron chi connectivity index (χ4n) is 2.16. The number of methoxy groups -OCH3 is 1. The SMILES string of the molecule is COc1cc(NC(=O)COC(=O)COc2ccc(Br)cc2)c(C)cc1[N+](=O)[O-]. The fourth-order valence-corrected chi connectivity index (χ4v) is 2.43. The van der Waals surface area contributed by atoms with E-state index < -0.39 is 23.4 Å². The van der Waals surface area contributed by atoms with Gasteiger partial charge in [-0.1, -0.05) is 15.9 Å². The van der Waals surface area contributed by atoms with Gasteiger partial charge in [0, 0.05) is 22.3 Å². The van der Waals surface area contributed by atoms with Crippen molar-refractivity contribution in [3.8, 4) is 11.5 Å². The standard InChI is InChI=1S/C18H17BrN2O7/c1-11-7-15(21(24)25)16(26-2)8-14(11)20-17(22)9-28-18(23)10-27-13-5-3-12(19)4-6-13/h3-8H,9-10H2,1-2H3,(H,20,22). The van der Waals surface area contributed by atoms with E-state index in [9.17, 15) is 19.7 Å². The Kier molecular flexibility index (Phi) is 7.33. The number of amides is 1. The van der Waals surface area contributed by atoms with Crippen molar-refractivity contribution in [1.29, 1.82) is 0 Å². The van der Waals surface area contributed by atoms with Crippen LogP contribution in [0.15, 0.2) is 40.9 Å². The molecule has 0 unspecified atom stereocenters. The molecule has 0 radical (unpaired) electrons. The predicted molar refractivity (Wildman–Crippen MR) is 104 cm³/mol. The number of hydrogen-bond acceptors (Lipinski definition) is 7. The third-order valence-corrected chi connectivity index (χ3v) is 4.06. The van der Waals surface area contributed by atoms with Gasteiger partial charge in [0.05, 0.1) is 12.0 Å². The van der Waals surface area contributed by atoms with Crippen LogP contribution in [0.4, 0.5) is 11.4 Å². The second kappa shape index (κ2) is 9.70. The molecule has 1 N–H and O–H groups in total. The molecule has 0 fully saturated rings. The molecule has 2 aromatic carbocycles. The van der Waals surface area contributed by atoms with Gasteiger partial charge in [-0.2, -0.15) is 0 Å². The normalized spacial score (nSPS) is 10.1. The minimum absolute atomic E-state index is 0.00536. The van der Waals surface area contributed by atoms with Crippen LogP contribution in [-0.4, -0.2) is 37.1 Å². The number of hydrogen-bond donors (Lipinski definition) is 1. The highest BCUT2D eigenvalue weighted by molar-refractivity contribution is 9.10. The van der Waals surface area contributed by atoms with E-state index >= 15 is 0 Å². The number of carbonyl (C=O) groups excluding carboxylic acids is 2. The van der Waals surface area contributed by atoms with Crippen LogP contribution in [0.3, 0.4) is 0 Å². The zero-order chi connectivity index (χ0) is 20.7. The first-order valence-electron chi connectivity index (χ1n) is 7.97. The van der Waals surface area contributed by atoms with E-state index in [1.54, 1.807) is 31.2 Å². The van der Waals surface area contributed by atoms with Crippen molar-refractivity contribution in [2.24, 2.45) is 0 Å². The van der Waals surface area contributed by atoms with Gasteiger partial charge in [-0.25, -0.2) is 4.79 Å². The maximum Gasteiger partial charge on any atom is 0.344 e. The van der Waals surface area contributed by atoms with E-state index in [1.807, 2.05) is 0 Å². The first kappa shape index (κ1) is 21.2. The third kappa shape index (κ3) is 5.95. The quantitative estimate of drug-likeness (QED) is 0.371. The van der Waals surface area contributed by atoms with Crippen LogP contribution in [0.1, 0.15) is 5.56 Å². The molecule has 1 amide bonds. The highest BCUT2D eigenvalue weighted by atomic mass is 79.9. The summed E-state index contributed by atoms with van der Waals surface area (Å²) < 4.78 is 15.9. The summed E-state index contributed by atoms with van der Waals surface area (Å²) in [5, 5.41) is 13.5. The number of halogens is 1. The molecule has 0 bridgehead atoms. The molecule has 0 saturated carbocycles. The van der Waals surface area contributed by atoms with Gasteiger partial charge in [0.2, 0.25) is 0 Å². The average Bonchev–Trinajstić information content (AvgIpc) is 2.67. The van der Waals surface area contributed by atoms with E-state index in [0.29, 0.717) is 17.0 Å². The molecular formula is C18H17BrN2O7. The average molecular weight is 453 g/mol. The molecule has 0 saturated heterocycles. The fraction of sp³-hybridized carbons (Fsp3) is 0.222. The molecule has 0 spiro atoms. The van der Waals surface area contributed by atoms with Gasteiger partial charge >= 0.3 is 11.7 Å². The molecule has 28 heavy (non-hydrogen) atoms. The Bertz CT molecular complexity index is 884. The molecule has 0 aliphatic heterocycles. The van der Waals surface area contributed by atoms with Crippen LogP contribution in [0, 0.1) is 17.0 Å². The van der Waals surface area contributed by atoms with Gasteiger partial charge in [0.1, 0.15) is 5.75 Å². The second-order valence-corrected chi connectivity index (χ2v) is 6.46. The topological polar surface area (TPSA) is 117 Å². The predicted octanol–water partition coefficient (Wildman–Crippen LogP) is 3.24. The van der Waals surface area contributed by atoms with Gasteiger partial charge in [0.25, 0.3) is 5.91 Å². The lowest BCUT2D eigenvalue weighted by Gasteiger charge is -2.11. The lowest BCUT2D eigenvalue weighted by Crippen LogP contribution is -2.24. The molecule has 0 heterocycles. The second-order valence-electron chi connectivity index (χ2n) is 5.55. The van der Waals surface area contributed by atoms with Gasteiger partial charge in [-0.05, 0) is 36.8 Å².